The summed E-state index contributed by atoms with van der Waals surface area (Å²) >= 11 is 1.21. The highest BCUT2D eigenvalue weighted by Crippen LogP contribution is 2.30. The Labute approximate surface area is 102 Å². The second kappa shape index (κ2) is 4.59. The lowest BCUT2D eigenvalue weighted by molar-refractivity contribution is -0.140. The van der Waals surface area contributed by atoms with Gasteiger partial charge in [0.05, 0.1) is 6.20 Å². The maximum absolute atomic E-state index is 11.4. The molecule has 0 bridgehead atoms. The van der Waals surface area contributed by atoms with Crippen molar-refractivity contribution < 1.29 is 9.53 Å². The van der Waals surface area contributed by atoms with Crippen molar-refractivity contribution in [3.63, 3.8) is 0 Å². The van der Waals surface area contributed by atoms with Gasteiger partial charge in [0, 0.05) is 6.42 Å². The Morgan fingerprint density at radius 3 is 3.00 bits per heavy atom. The van der Waals surface area contributed by atoms with Gasteiger partial charge in [0.2, 0.25) is 0 Å². The highest BCUT2D eigenvalue weighted by molar-refractivity contribution is 8.00. The minimum Gasteiger partial charge on any atom is -0.462 e. The maximum atomic E-state index is 11.4. The molecule has 1 aromatic rings. The number of carbonyl (C=O) groups excluding carboxylic acids is 1. The van der Waals surface area contributed by atoms with Crippen LogP contribution in [-0.2, 0) is 9.53 Å². The molecule has 0 radical (unpaired) electrons. The molecule has 0 aliphatic carbocycles. The number of cyclic esters (lactones) is 1. The number of nitrogens with two attached hydrogens (primary N) is 1. The standard InChI is InChI=1S/C10H10N4O2S/c1-5-2-7(9(15)16-5)17-10-13-4-6(3-11)8(12)14-10/h4-5,7H,2H2,1H3,(H2,12,13,14)/t5-,7+/m1/s1. The smallest absolute Gasteiger partial charge is 0.319 e. The molecule has 1 aliphatic rings. The van der Waals surface area contributed by atoms with E-state index >= 15 is 0 Å². The van der Waals surface area contributed by atoms with Crippen LogP contribution >= 0.6 is 11.8 Å². The number of nitrogen functional groups attached to an aromatic ring is 1. The average molecular weight is 250 g/mol. The van der Waals surface area contributed by atoms with Crippen molar-refractivity contribution >= 4 is 23.5 Å². The maximum Gasteiger partial charge on any atom is 0.319 e. The van der Waals surface area contributed by atoms with Gasteiger partial charge in [-0.15, -0.1) is 0 Å². The van der Waals surface area contributed by atoms with Gasteiger partial charge in [0.1, 0.15) is 28.8 Å². The summed E-state index contributed by atoms with van der Waals surface area (Å²) in [6.07, 6.45) is 1.91. The normalized spacial score (nSPS) is 23.2. The number of aromatic nitrogens is 2. The van der Waals surface area contributed by atoms with E-state index in [2.05, 4.69) is 9.97 Å². The zero-order valence-corrected chi connectivity index (χ0v) is 9.90. The van der Waals surface area contributed by atoms with Crippen molar-refractivity contribution in [1.82, 2.24) is 9.97 Å². The van der Waals surface area contributed by atoms with Crippen LogP contribution in [0.2, 0.25) is 0 Å². The van der Waals surface area contributed by atoms with Crippen LogP contribution in [0, 0.1) is 11.3 Å². The highest BCUT2D eigenvalue weighted by atomic mass is 32.2. The van der Waals surface area contributed by atoms with Gasteiger partial charge < -0.3 is 10.5 Å². The number of carbonyl (C=O) groups is 1. The first-order valence-corrected chi connectivity index (χ1v) is 5.88. The molecule has 0 saturated carbocycles. The summed E-state index contributed by atoms with van der Waals surface area (Å²) in [5.74, 6) is -0.126. The van der Waals surface area contributed by atoms with E-state index in [4.69, 9.17) is 15.7 Å². The summed E-state index contributed by atoms with van der Waals surface area (Å²) in [6.45, 7) is 1.84. The van der Waals surface area contributed by atoms with Gasteiger partial charge in [-0.1, -0.05) is 11.8 Å². The van der Waals surface area contributed by atoms with Crippen molar-refractivity contribution in [3.8, 4) is 6.07 Å². The fourth-order valence-electron chi connectivity index (χ4n) is 1.46. The number of hydrogen-bond acceptors (Lipinski definition) is 7. The van der Waals surface area contributed by atoms with Crippen molar-refractivity contribution in [3.05, 3.63) is 11.8 Å². The lowest BCUT2D eigenvalue weighted by atomic mass is 10.3. The van der Waals surface area contributed by atoms with E-state index in [1.54, 1.807) is 0 Å². The number of nitrogens with zero attached hydrogens (tertiary/aromatic N) is 3. The van der Waals surface area contributed by atoms with E-state index in [9.17, 15) is 4.79 Å². The molecule has 1 saturated heterocycles. The highest BCUT2D eigenvalue weighted by Gasteiger charge is 2.33. The first kappa shape index (κ1) is 11.7. The van der Waals surface area contributed by atoms with Crippen LogP contribution in [-0.4, -0.2) is 27.3 Å². The molecule has 88 valence electrons. The third-order valence-corrected chi connectivity index (χ3v) is 3.37. The van der Waals surface area contributed by atoms with Crippen LogP contribution in [0.25, 0.3) is 0 Å². The van der Waals surface area contributed by atoms with Crippen LogP contribution in [0.1, 0.15) is 18.9 Å². The van der Waals surface area contributed by atoms with E-state index in [1.165, 1.54) is 18.0 Å². The fourth-order valence-corrected chi connectivity index (χ4v) is 2.50. The molecule has 0 aromatic carbocycles. The minimum atomic E-state index is -0.294. The first-order chi connectivity index (χ1) is 8.10. The number of rotatable bonds is 2. The summed E-state index contributed by atoms with van der Waals surface area (Å²) < 4.78 is 5.02. The van der Waals surface area contributed by atoms with Crippen molar-refractivity contribution in [2.24, 2.45) is 0 Å². The second-order valence-electron chi connectivity index (χ2n) is 3.65. The monoisotopic (exact) mass is 250 g/mol. The molecule has 1 fully saturated rings. The summed E-state index contributed by atoms with van der Waals surface area (Å²) in [5.41, 5.74) is 5.80. The van der Waals surface area contributed by atoms with Crippen LogP contribution in [0.15, 0.2) is 11.4 Å². The van der Waals surface area contributed by atoms with Gasteiger partial charge in [0.15, 0.2) is 5.16 Å². The fraction of sp³-hybridized carbons (Fsp3) is 0.400. The second-order valence-corrected chi connectivity index (χ2v) is 4.82. The molecule has 0 amide bonds. The molecule has 1 aromatic heterocycles. The summed E-state index contributed by atoms with van der Waals surface area (Å²) in [6, 6.07) is 1.88. The molecular weight excluding hydrogens is 240 g/mol. The number of nitriles is 1. The SMILES string of the molecule is C[C@@H]1C[C@H](Sc2ncc(C#N)c(N)n2)C(=O)O1. The molecule has 0 unspecified atom stereocenters. The van der Waals surface area contributed by atoms with Crippen LogP contribution in [0.5, 0.6) is 0 Å². The molecule has 2 rings (SSSR count). The first-order valence-electron chi connectivity index (χ1n) is 5.00. The van der Waals surface area contributed by atoms with E-state index in [1.807, 2.05) is 13.0 Å². The predicted molar refractivity (Wildman–Crippen MR) is 61.0 cm³/mol. The van der Waals surface area contributed by atoms with E-state index < -0.39 is 0 Å². The van der Waals surface area contributed by atoms with Gasteiger partial charge in [-0.3, -0.25) is 4.79 Å². The lowest BCUT2D eigenvalue weighted by Crippen LogP contribution is -2.10. The Morgan fingerprint density at radius 2 is 2.47 bits per heavy atom. The number of esters is 1. The molecule has 1 aliphatic heterocycles. The molecule has 0 spiro atoms. The molecular formula is C10H10N4O2S. The molecule has 2 atom stereocenters. The topological polar surface area (TPSA) is 102 Å². The summed E-state index contributed by atoms with van der Waals surface area (Å²) in [4.78, 5) is 19.4. The number of hydrogen-bond donors (Lipinski definition) is 1. The van der Waals surface area contributed by atoms with Gasteiger partial charge in [-0.25, -0.2) is 9.97 Å². The van der Waals surface area contributed by atoms with Gasteiger partial charge in [-0.05, 0) is 6.92 Å². The van der Waals surface area contributed by atoms with E-state index in [-0.39, 0.29) is 28.7 Å². The number of ether oxygens (including phenoxy) is 1. The summed E-state index contributed by atoms with van der Waals surface area (Å²) in [5, 5.41) is 8.77. The minimum absolute atomic E-state index is 0.0734. The van der Waals surface area contributed by atoms with E-state index in [0.29, 0.717) is 11.6 Å². The molecule has 2 N–H and O–H groups in total. The predicted octanol–water partition coefficient (Wildman–Crippen LogP) is 0.727. The van der Waals surface area contributed by atoms with Crippen LogP contribution < -0.4 is 5.73 Å². The summed E-state index contributed by atoms with van der Waals surface area (Å²) in [7, 11) is 0. The van der Waals surface area contributed by atoms with Crippen LogP contribution in [0.4, 0.5) is 5.82 Å². The molecule has 2 heterocycles. The zero-order chi connectivity index (χ0) is 12.4. The zero-order valence-electron chi connectivity index (χ0n) is 9.08. The van der Waals surface area contributed by atoms with E-state index in [0.717, 1.165) is 0 Å². The number of thioether (sulfide) groups is 1. The third kappa shape index (κ3) is 2.47. The van der Waals surface area contributed by atoms with Crippen molar-refractivity contribution in [2.75, 3.05) is 5.73 Å². The number of anilines is 1. The lowest BCUT2D eigenvalue weighted by Gasteiger charge is -2.04. The Morgan fingerprint density at radius 1 is 1.71 bits per heavy atom. The molecule has 7 heteroatoms. The Kier molecular flexibility index (Phi) is 3.15. The Bertz CT molecular complexity index is 500. The van der Waals surface area contributed by atoms with Gasteiger partial charge in [0.25, 0.3) is 0 Å². The largest absolute Gasteiger partial charge is 0.462 e. The third-order valence-electron chi connectivity index (χ3n) is 2.29. The Hall–Kier alpha value is -1.81. The van der Waals surface area contributed by atoms with Gasteiger partial charge >= 0.3 is 5.97 Å². The quantitative estimate of drug-likeness (QED) is 0.609. The van der Waals surface area contributed by atoms with Crippen molar-refractivity contribution in [1.29, 1.82) is 5.26 Å². The van der Waals surface area contributed by atoms with Crippen LogP contribution in [0.3, 0.4) is 0 Å². The Balaban J connectivity index is 2.12. The average Bonchev–Trinajstić information content (AvgIpc) is 2.58. The van der Waals surface area contributed by atoms with Crippen molar-refractivity contribution in [2.45, 2.75) is 29.9 Å². The molecule has 6 nitrogen and oxygen atoms in total. The van der Waals surface area contributed by atoms with Gasteiger partial charge in [-0.2, -0.15) is 5.26 Å². The molecule has 17 heavy (non-hydrogen) atoms.